The lowest BCUT2D eigenvalue weighted by Gasteiger charge is -2.26. The van der Waals surface area contributed by atoms with Gasteiger partial charge in [-0.2, -0.15) is 5.10 Å². The van der Waals surface area contributed by atoms with E-state index in [1.807, 2.05) is 6.92 Å². The second-order valence-corrected chi connectivity index (χ2v) is 4.47. The molecule has 1 aliphatic heterocycles. The first-order valence-electron chi connectivity index (χ1n) is 6.34. The summed E-state index contributed by atoms with van der Waals surface area (Å²) < 4.78 is 5.12. The Morgan fingerprint density at radius 1 is 1.53 bits per heavy atom. The molecule has 7 nitrogen and oxygen atoms in total. The van der Waals surface area contributed by atoms with Crippen molar-refractivity contribution in [2.45, 2.75) is 32.7 Å². The number of aromatic carboxylic acids is 1. The van der Waals surface area contributed by atoms with Crippen LogP contribution in [0.5, 0.6) is 0 Å². The first-order chi connectivity index (χ1) is 9.13. The molecule has 1 aromatic rings. The third kappa shape index (κ3) is 2.86. The molecule has 2 N–H and O–H groups in total. The molecule has 0 saturated heterocycles. The molecule has 0 aliphatic carbocycles. The number of hydrogen-bond acceptors (Lipinski definition) is 4. The molecule has 0 bridgehead atoms. The molecule has 0 spiro atoms. The van der Waals surface area contributed by atoms with E-state index in [1.54, 1.807) is 0 Å². The molecule has 1 amide bonds. The van der Waals surface area contributed by atoms with Crippen LogP contribution in [-0.2, 0) is 17.7 Å². The number of carboxylic acids is 1. The average Bonchev–Trinajstić information content (AvgIpc) is 2.81. The van der Waals surface area contributed by atoms with Crippen LogP contribution in [-0.4, -0.2) is 45.4 Å². The lowest BCUT2D eigenvalue weighted by atomic mass is 10.1. The Morgan fingerprint density at radius 2 is 2.32 bits per heavy atom. The van der Waals surface area contributed by atoms with E-state index in [1.165, 1.54) is 4.90 Å². The van der Waals surface area contributed by atoms with Crippen LogP contribution in [0.4, 0.5) is 4.79 Å². The number of carboxylic acid groups (broad SMARTS) is 1. The standard InChI is InChI=1S/C12H17N3O4/c1-2-3-6-19-12(18)15-5-4-9-8(7-15)10(11(16)17)14-13-9/h2-7H2,1H3,(H,13,14)(H,16,17). The molecule has 0 unspecified atom stereocenters. The second-order valence-electron chi connectivity index (χ2n) is 4.47. The van der Waals surface area contributed by atoms with Crippen molar-refractivity contribution in [2.24, 2.45) is 0 Å². The molecule has 2 heterocycles. The highest BCUT2D eigenvalue weighted by molar-refractivity contribution is 5.87. The summed E-state index contributed by atoms with van der Waals surface area (Å²) in [5.74, 6) is -1.08. The van der Waals surface area contributed by atoms with Crippen molar-refractivity contribution in [1.82, 2.24) is 15.1 Å². The van der Waals surface area contributed by atoms with Crippen LogP contribution in [0, 0.1) is 0 Å². The van der Waals surface area contributed by atoms with Crippen molar-refractivity contribution in [3.8, 4) is 0 Å². The smallest absolute Gasteiger partial charge is 0.410 e. The zero-order chi connectivity index (χ0) is 13.8. The summed E-state index contributed by atoms with van der Waals surface area (Å²) in [5.41, 5.74) is 1.35. The van der Waals surface area contributed by atoms with Gasteiger partial charge < -0.3 is 14.7 Å². The van der Waals surface area contributed by atoms with Crippen molar-refractivity contribution < 1.29 is 19.4 Å². The molecule has 7 heteroatoms. The monoisotopic (exact) mass is 267 g/mol. The highest BCUT2D eigenvalue weighted by atomic mass is 16.6. The van der Waals surface area contributed by atoms with Crippen molar-refractivity contribution in [2.75, 3.05) is 13.2 Å². The van der Waals surface area contributed by atoms with Crippen LogP contribution in [0.2, 0.25) is 0 Å². The number of fused-ring (bicyclic) bond motifs is 1. The number of nitrogens with one attached hydrogen (secondary N) is 1. The summed E-state index contributed by atoms with van der Waals surface area (Å²) >= 11 is 0. The van der Waals surface area contributed by atoms with Crippen molar-refractivity contribution in [3.63, 3.8) is 0 Å². The lowest BCUT2D eigenvalue weighted by Crippen LogP contribution is -2.36. The Bertz CT molecular complexity index is 483. The number of amides is 1. The van der Waals surface area contributed by atoms with Gasteiger partial charge in [0.2, 0.25) is 0 Å². The Kier molecular flexibility index (Phi) is 4.03. The Hall–Kier alpha value is -2.05. The highest BCUT2D eigenvalue weighted by Crippen LogP contribution is 2.20. The minimum atomic E-state index is -1.08. The Labute approximate surface area is 110 Å². The molecular weight excluding hydrogens is 250 g/mol. The number of hydrogen-bond donors (Lipinski definition) is 2. The van der Waals surface area contributed by atoms with Crippen molar-refractivity contribution in [1.29, 1.82) is 0 Å². The first-order valence-corrected chi connectivity index (χ1v) is 6.34. The number of aromatic nitrogens is 2. The minimum Gasteiger partial charge on any atom is -0.476 e. The number of aromatic amines is 1. The van der Waals surface area contributed by atoms with E-state index >= 15 is 0 Å². The van der Waals surface area contributed by atoms with Gasteiger partial charge in [0.1, 0.15) is 0 Å². The molecule has 0 fully saturated rings. The predicted octanol–water partition coefficient (Wildman–Crippen LogP) is 1.40. The fourth-order valence-electron chi connectivity index (χ4n) is 2.02. The summed E-state index contributed by atoms with van der Waals surface area (Å²) in [4.78, 5) is 24.3. The minimum absolute atomic E-state index is 0.0129. The molecule has 0 aromatic carbocycles. The van der Waals surface area contributed by atoms with E-state index < -0.39 is 12.1 Å². The molecule has 2 rings (SSSR count). The first kappa shape index (κ1) is 13.4. The number of rotatable bonds is 4. The number of H-pyrrole nitrogens is 1. The molecule has 0 radical (unpaired) electrons. The highest BCUT2D eigenvalue weighted by Gasteiger charge is 2.28. The van der Waals surface area contributed by atoms with Gasteiger partial charge in [-0.15, -0.1) is 0 Å². The Balaban J connectivity index is 2.02. The normalized spacial score (nSPS) is 14.1. The van der Waals surface area contributed by atoms with Gasteiger partial charge in [-0.05, 0) is 6.42 Å². The van der Waals surface area contributed by atoms with Crippen LogP contribution >= 0.6 is 0 Å². The summed E-state index contributed by atoms with van der Waals surface area (Å²) in [6.45, 7) is 3.17. The van der Waals surface area contributed by atoms with Crippen molar-refractivity contribution >= 4 is 12.1 Å². The van der Waals surface area contributed by atoms with E-state index in [2.05, 4.69) is 10.2 Å². The number of ether oxygens (including phenoxy) is 1. The largest absolute Gasteiger partial charge is 0.476 e. The van der Waals surface area contributed by atoms with E-state index in [-0.39, 0.29) is 12.2 Å². The summed E-state index contributed by atoms with van der Waals surface area (Å²) in [6.07, 6.45) is 1.97. The predicted molar refractivity (Wildman–Crippen MR) is 65.9 cm³/mol. The number of unbranched alkanes of at least 4 members (excludes halogenated alkanes) is 1. The van der Waals surface area contributed by atoms with Gasteiger partial charge in [-0.3, -0.25) is 5.10 Å². The van der Waals surface area contributed by atoms with Gasteiger partial charge in [0.25, 0.3) is 0 Å². The summed E-state index contributed by atoms with van der Waals surface area (Å²) in [6, 6.07) is 0. The molecule has 1 aromatic heterocycles. The van der Waals surface area contributed by atoms with Gasteiger partial charge >= 0.3 is 12.1 Å². The van der Waals surface area contributed by atoms with Crippen molar-refractivity contribution in [3.05, 3.63) is 17.0 Å². The maximum atomic E-state index is 11.8. The molecule has 19 heavy (non-hydrogen) atoms. The van der Waals surface area contributed by atoms with E-state index in [9.17, 15) is 9.59 Å². The van der Waals surface area contributed by atoms with Gasteiger partial charge in [-0.1, -0.05) is 13.3 Å². The topological polar surface area (TPSA) is 95.5 Å². The Morgan fingerprint density at radius 3 is 3.00 bits per heavy atom. The second kappa shape index (κ2) is 5.73. The maximum Gasteiger partial charge on any atom is 0.410 e. The van der Waals surface area contributed by atoms with E-state index in [4.69, 9.17) is 9.84 Å². The summed E-state index contributed by atoms with van der Waals surface area (Å²) in [5, 5.41) is 15.5. The zero-order valence-corrected chi connectivity index (χ0v) is 10.8. The number of carbonyl (C=O) groups is 2. The third-order valence-corrected chi connectivity index (χ3v) is 3.12. The van der Waals surface area contributed by atoms with Crippen LogP contribution in [0.1, 0.15) is 41.5 Å². The molecular formula is C12H17N3O4. The third-order valence-electron chi connectivity index (χ3n) is 3.12. The fourth-order valence-corrected chi connectivity index (χ4v) is 2.02. The number of nitrogens with zero attached hydrogens (tertiary/aromatic N) is 2. The van der Waals surface area contributed by atoms with Gasteiger partial charge in [-0.25, -0.2) is 9.59 Å². The van der Waals surface area contributed by atoms with E-state index in [0.29, 0.717) is 25.1 Å². The van der Waals surface area contributed by atoms with Crippen LogP contribution < -0.4 is 0 Å². The van der Waals surface area contributed by atoms with Crippen LogP contribution in [0.25, 0.3) is 0 Å². The van der Waals surface area contributed by atoms with Crippen LogP contribution in [0.3, 0.4) is 0 Å². The van der Waals surface area contributed by atoms with E-state index in [0.717, 1.165) is 18.5 Å². The molecule has 0 atom stereocenters. The van der Waals surface area contributed by atoms with Gasteiger partial charge in [0, 0.05) is 24.2 Å². The quantitative estimate of drug-likeness (QED) is 0.804. The van der Waals surface area contributed by atoms with Crippen LogP contribution in [0.15, 0.2) is 0 Å². The SMILES string of the molecule is CCCCOC(=O)N1CCc2[nH]nc(C(=O)O)c2C1. The zero-order valence-electron chi connectivity index (χ0n) is 10.8. The fraction of sp³-hybridized carbons (Fsp3) is 0.583. The average molecular weight is 267 g/mol. The van der Waals surface area contributed by atoms with Gasteiger partial charge in [0.15, 0.2) is 5.69 Å². The van der Waals surface area contributed by atoms with Gasteiger partial charge in [0.05, 0.1) is 13.2 Å². The summed E-state index contributed by atoms with van der Waals surface area (Å²) in [7, 11) is 0. The number of carbonyl (C=O) groups excluding carboxylic acids is 1. The molecule has 0 saturated carbocycles. The molecule has 104 valence electrons. The molecule has 1 aliphatic rings. The maximum absolute atomic E-state index is 11.8. The lowest BCUT2D eigenvalue weighted by molar-refractivity contribution is 0.0684.